The highest BCUT2D eigenvalue weighted by molar-refractivity contribution is 6.30. The number of benzene rings is 1. The Hall–Kier alpha value is -1.62. The Labute approximate surface area is 91.6 Å². The number of aromatic nitrogens is 4. The van der Waals surface area contributed by atoms with Crippen LogP contribution in [0.25, 0.3) is 0 Å². The Morgan fingerprint density at radius 3 is 2.73 bits per heavy atom. The number of ether oxygens (including phenoxy) is 1. The van der Waals surface area contributed by atoms with Gasteiger partial charge in [-0.2, -0.15) is 4.80 Å². The normalized spacial score (nSPS) is 10.2. The molecule has 0 bridgehead atoms. The largest absolute Gasteiger partial charge is 0.492 e. The van der Waals surface area contributed by atoms with Gasteiger partial charge in [0.15, 0.2) is 6.33 Å². The van der Waals surface area contributed by atoms with Crippen LogP contribution < -0.4 is 4.74 Å². The van der Waals surface area contributed by atoms with Crippen molar-refractivity contribution in [3.8, 4) is 5.75 Å². The highest BCUT2D eigenvalue weighted by Gasteiger charge is 1.95. The number of tetrazole rings is 1. The molecule has 2 aromatic rings. The zero-order chi connectivity index (χ0) is 10.5. The molecule has 6 heteroatoms. The van der Waals surface area contributed by atoms with E-state index in [2.05, 4.69) is 15.4 Å². The molecule has 1 aromatic heterocycles. The molecule has 0 atom stereocenters. The summed E-state index contributed by atoms with van der Waals surface area (Å²) in [5.74, 6) is 0.777. The topological polar surface area (TPSA) is 52.8 Å². The molecule has 15 heavy (non-hydrogen) atoms. The Morgan fingerprint density at radius 2 is 2.07 bits per heavy atom. The number of hydrogen-bond acceptors (Lipinski definition) is 4. The minimum absolute atomic E-state index is 0.498. The second-order valence-corrected chi connectivity index (χ2v) is 3.27. The van der Waals surface area contributed by atoms with Gasteiger partial charge in [-0.1, -0.05) is 11.6 Å². The predicted octanol–water partition coefficient (Wildman–Crippen LogP) is 1.41. The van der Waals surface area contributed by atoms with Crippen LogP contribution in [0.5, 0.6) is 5.75 Å². The number of halogens is 1. The molecule has 0 unspecified atom stereocenters. The van der Waals surface area contributed by atoms with Gasteiger partial charge in [-0.25, -0.2) is 0 Å². The molecule has 5 nitrogen and oxygen atoms in total. The van der Waals surface area contributed by atoms with Gasteiger partial charge in [0.2, 0.25) is 0 Å². The number of rotatable bonds is 4. The molecule has 1 aromatic carbocycles. The smallest absolute Gasteiger partial charge is 0.162 e. The third-order valence-corrected chi connectivity index (χ3v) is 2.02. The summed E-state index contributed by atoms with van der Waals surface area (Å²) in [5, 5.41) is 11.9. The summed E-state index contributed by atoms with van der Waals surface area (Å²) in [7, 11) is 0. The van der Waals surface area contributed by atoms with Crippen LogP contribution in [-0.4, -0.2) is 26.8 Å². The van der Waals surface area contributed by atoms with Crippen molar-refractivity contribution in [2.45, 2.75) is 6.54 Å². The predicted molar refractivity (Wildman–Crippen MR) is 54.8 cm³/mol. The van der Waals surface area contributed by atoms with Gasteiger partial charge in [0.25, 0.3) is 0 Å². The van der Waals surface area contributed by atoms with Gasteiger partial charge in [-0.05, 0) is 29.5 Å². The second kappa shape index (κ2) is 4.75. The fraction of sp³-hybridized carbons (Fsp3) is 0.222. The zero-order valence-corrected chi connectivity index (χ0v) is 8.63. The van der Waals surface area contributed by atoms with Gasteiger partial charge in [0.05, 0.1) is 6.54 Å². The fourth-order valence-electron chi connectivity index (χ4n) is 1.07. The van der Waals surface area contributed by atoms with Crippen molar-refractivity contribution in [3.05, 3.63) is 35.6 Å². The average molecular weight is 225 g/mol. The van der Waals surface area contributed by atoms with E-state index in [1.54, 1.807) is 12.1 Å². The third kappa shape index (κ3) is 2.92. The van der Waals surface area contributed by atoms with E-state index in [0.29, 0.717) is 18.2 Å². The highest BCUT2D eigenvalue weighted by atomic mass is 35.5. The summed E-state index contributed by atoms with van der Waals surface area (Å²) in [5.41, 5.74) is 0. The van der Waals surface area contributed by atoms with Crippen molar-refractivity contribution < 1.29 is 4.74 Å². The number of hydrogen-bond donors (Lipinski definition) is 0. The summed E-state index contributed by atoms with van der Waals surface area (Å²) in [6.07, 6.45) is 1.39. The van der Waals surface area contributed by atoms with Gasteiger partial charge in [-0.15, -0.1) is 10.2 Å². The standard InChI is InChI=1S/C9H9ClN4O/c10-8-1-3-9(4-2-8)15-6-5-14-12-7-11-13-14/h1-4,7H,5-6H2. The molecule has 0 amide bonds. The molecule has 0 aliphatic carbocycles. The van der Waals surface area contributed by atoms with Crippen LogP contribution in [0.1, 0.15) is 0 Å². The molecule has 0 N–H and O–H groups in total. The van der Waals surface area contributed by atoms with E-state index in [1.165, 1.54) is 11.1 Å². The van der Waals surface area contributed by atoms with Crippen LogP contribution >= 0.6 is 11.6 Å². The molecular formula is C9H9ClN4O. The molecule has 1 heterocycles. The molecule has 0 saturated carbocycles. The maximum absolute atomic E-state index is 5.74. The Kier molecular flexibility index (Phi) is 3.14. The second-order valence-electron chi connectivity index (χ2n) is 2.83. The van der Waals surface area contributed by atoms with Gasteiger partial charge in [0, 0.05) is 5.02 Å². The quantitative estimate of drug-likeness (QED) is 0.788. The SMILES string of the molecule is Clc1ccc(OCCn2ncnn2)cc1. The van der Waals surface area contributed by atoms with Crippen molar-refractivity contribution in [3.63, 3.8) is 0 Å². The van der Waals surface area contributed by atoms with Crippen molar-refractivity contribution in [1.82, 2.24) is 20.2 Å². The van der Waals surface area contributed by atoms with E-state index >= 15 is 0 Å². The molecule has 0 fully saturated rings. The van der Waals surface area contributed by atoms with Crippen LogP contribution in [0.3, 0.4) is 0 Å². The van der Waals surface area contributed by atoms with E-state index < -0.39 is 0 Å². The fourth-order valence-corrected chi connectivity index (χ4v) is 1.19. The Balaban J connectivity index is 1.81. The zero-order valence-electron chi connectivity index (χ0n) is 7.88. The first kappa shape index (κ1) is 9.92. The molecule has 0 aliphatic heterocycles. The first-order valence-corrected chi connectivity index (χ1v) is 4.81. The van der Waals surface area contributed by atoms with Crippen molar-refractivity contribution in [2.75, 3.05) is 6.61 Å². The number of nitrogens with zero attached hydrogens (tertiary/aromatic N) is 4. The van der Waals surface area contributed by atoms with E-state index in [1.807, 2.05) is 12.1 Å². The van der Waals surface area contributed by atoms with Crippen LogP contribution in [0, 0.1) is 0 Å². The van der Waals surface area contributed by atoms with Crippen molar-refractivity contribution in [2.24, 2.45) is 0 Å². The van der Waals surface area contributed by atoms with E-state index in [-0.39, 0.29) is 0 Å². The summed E-state index contributed by atoms with van der Waals surface area (Å²) >= 11 is 5.74. The lowest BCUT2D eigenvalue weighted by Gasteiger charge is -2.04. The van der Waals surface area contributed by atoms with Gasteiger partial charge in [0.1, 0.15) is 12.4 Å². The lowest BCUT2D eigenvalue weighted by atomic mass is 10.3. The summed E-state index contributed by atoms with van der Waals surface area (Å²) in [6.45, 7) is 1.07. The average Bonchev–Trinajstić information content (AvgIpc) is 2.74. The monoisotopic (exact) mass is 224 g/mol. The summed E-state index contributed by atoms with van der Waals surface area (Å²) in [6, 6.07) is 7.20. The van der Waals surface area contributed by atoms with E-state index in [4.69, 9.17) is 16.3 Å². The van der Waals surface area contributed by atoms with E-state index in [0.717, 1.165) is 5.75 Å². The maximum atomic E-state index is 5.74. The van der Waals surface area contributed by atoms with Crippen molar-refractivity contribution in [1.29, 1.82) is 0 Å². The molecule has 0 aliphatic rings. The van der Waals surface area contributed by atoms with Crippen LogP contribution in [0.4, 0.5) is 0 Å². The van der Waals surface area contributed by atoms with Crippen molar-refractivity contribution >= 4 is 11.6 Å². The molecule has 0 saturated heterocycles. The minimum atomic E-state index is 0.498. The molecule has 2 rings (SSSR count). The molecule has 78 valence electrons. The first-order chi connectivity index (χ1) is 7.34. The Bertz CT molecular complexity index is 401. The van der Waals surface area contributed by atoms with Crippen LogP contribution in [0.15, 0.2) is 30.6 Å². The third-order valence-electron chi connectivity index (χ3n) is 1.77. The van der Waals surface area contributed by atoms with Gasteiger partial charge in [-0.3, -0.25) is 0 Å². The molecular weight excluding hydrogens is 216 g/mol. The highest BCUT2D eigenvalue weighted by Crippen LogP contribution is 2.15. The van der Waals surface area contributed by atoms with E-state index in [9.17, 15) is 0 Å². The van der Waals surface area contributed by atoms with Gasteiger partial charge < -0.3 is 4.74 Å². The summed E-state index contributed by atoms with van der Waals surface area (Å²) in [4.78, 5) is 1.47. The lowest BCUT2D eigenvalue weighted by Crippen LogP contribution is -2.10. The Morgan fingerprint density at radius 1 is 1.27 bits per heavy atom. The minimum Gasteiger partial charge on any atom is -0.492 e. The maximum Gasteiger partial charge on any atom is 0.162 e. The molecule has 0 radical (unpaired) electrons. The van der Waals surface area contributed by atoms with Crippen LogP contribution in [-0.2, 0) is 6.54 Å². The van der Waals surface area contributed by atoms with Crippen LogP contribution in [0.2, 0.25) is 5.02 Å². The lowest BCUT2D eigenvalue weighted by molar-refractivity contribution is 0.280. The molecule has 0 spiro atoms. The first-order valence-electron chi connectivity index (χ1n) is 4.44. The summed E-state index contributed by atoms with van der Waals surface area (Å²) < 4.78 is 5.45. The van der Waals surface area contributed by atoms with Gasteiger partial charge >= 0.3 is 0 Å².